The highest BCUT2D eigenvalue weighted by molar-refractivity contribution is 5.72. The van der Waals surface area contributed by atoms with Crippen molar-refractivity contribution in [3.05, 3.63) is 109 Å². The Kier molecular flexibility index (Phi) is 5.80. The third-order valence-corrected chi connectivity index (χ3v) is 5.18. The standard InChI is InChI=1S/C27H22N6/c1-19-14-30-24(17-29-19)18-31-26-13-25(32-27(33-26)21-10-6-3-7-11-21)23-12-22(15-28-16-23)20-8-4-2-5-9-20/h2-17H,18H2,1H3,(H,31,32,33). The number of benzene rings is 2. The Labute approximate surface area is 192 Å². The number of nitrogens with one attached hydrogen (secondary N) is 1. The van der Waals surface area contributed by atoms with Gasteiger partial charge in [-0.3, -0.25) is 15.0 Å². The van der Waals surface area contributed by atoms with E-state index in [1.54, 1.807) is 12.4 Å². The SMILES string of the molecule is Cc1cnc(CNc2cc(-c3cncc(-c4ccccc4)c3)nc(-c3ccccc3)n2)cn1. The summed E-state index contributed by atoms with van der Waals surface area (Å²) in [7, 11) is 0. The fraction of sp³-hybridized carbons (Fsp3) is 0.0741. The average molecular weight is 431 g/mol. The quantitative estimate of drug-likeness (QED) is 0.379. The van der Waals surface area contributed by atoms with Gasteiger partial charge in [0.2, 0.25) is 0 Å². The molecule has 0 aliphatic rings. The number of anilines is 1. The first-order valence-electron chi connectivity index (χ1n) is 10.7. The molecule has 6 heteroatoms. The lowest BCUT2D eigenvalue weighted by molar-refractivity contribution is 0.974. The Bertz CT molecular complexity index is 1350. The van der Waals surface area contributed by atoms with E-state index in [0.717, 1.165) is 39.3 Å². The normalized spacial score (nSPS) is 10.7. The van der Waals surface area contributed by atoms with Crippen LogP contribution in [-0.4, -0.2) is 24.9 Å². The van der Waals surface area contributed by atoms with E-state index < -0.39 is 0 Å². The van der Waals surface area contributed by atoms with Crippen molar-refractivity contribution in [2.24, 2.45) is 0 Å². The molecule has 0 atom stereocenters. The molecule has 0 unspecified atom stereocenters. The molecular formula is C27H22N6. The predicted molar refractivity (Wildman–Crippen MR) is 130 cm³/mol. The second kappa shape index (κ2) is 9.36. The minimum atomic E-state index is 0.514. The van der Waals surface area contributed by atoms with Gasteiger partial charge in [0.05, 0.1) is 29.8 Å². The van der Waals surface area contributed by atoms with Crippen LogP contribution in [0.3, 0.4) is 0 Å². The van der Waals surface area contributed by atoms with Crippen molar-refractivity contribution < 1.29 is 0 Å². The lowest BCUT2D eigenvalue weighted by atomic mass is 10.0. The van der Waals surface area contributed by atoms with Gasteiger partial charge in [0, 0.05) is 41.3 Å². The van der Waals surface area contributed by atoms with Gasteiger partial charge in [0.25, 0.3) is 0 Å². The summed E-state index contributed by atoms with van der Waals surface area (Å²) >= 11 is 0. The molecule has 0 saturated heterocycles. The zero-order chi connectivity index (χ0) is 22.5. The molecule has 0 saturated carbocycles. The summed E-state index contributed by atoms with van der Waals surface area (Å²) in [6.45, 7) is 2.44. The summed E-state index contributed by atoms with van der Waals surface area (Å²) in [5.74, 6) is 1.36. The van der Waals surface area contributed by atoms with E-state index in [-0.39, 0.29) is 0 Å². The first-order chi connectivity index (χ1) is 16.2. The monoisotopic (exact) mass is 430 g/mol. The molecule has 3 aromatic heterocycles. The van der Waals surface area contributed by atoms with Crippen LogP contribution in [0.25, 0.3) is 33.8 Å². The highest BCUT2D eigenvalue weighted by Gasteiger charge is 2.11. The van der Waals surface area contributed by atoms with Crippen molar-refractivity contribution in [1.82, 2.24) is 24.9 Å². The van der Waals surface area contributed by atoms with Gasteiger partial charge in [-0.2, -0.15) is 0 Å². The van der Waals surface area contributed by atoms with Crippen molar-refractivity contribution in [1.29, 1.82) is 0 Å². The highest BCUT2D eigenvalue weighted by atomic mass is 15.0. The number of aromatic nitrogens is 5. The fourth-order valence-corrected chi connectivity index (χ4v) is 3.46. The fourth-order valence-electron chi connectivity index (χ4n) is 3.46. The molecule has 33 heavy (non-hydrogen) atoms. The van der Waals surface area contributed by atoms with E-state index in [1.807, 2.05) is 73.9 Å². The highest BCUT2D eigenvalue weighted by Crippen LogP contribution is 2.27. The Hall–Kier alpha value is -4.45. The molecule has 0 radical (unpaired) electrons. The average Bonchev–Trinajstić information content (AvgIpc) is 2.89. The number of pyridine rings is 1. The summed E-state index contributed by atoms with van der Waals surface area (Å²) < 4.78 is 0. The van der Waals surface area contributed by atoms with Crippen LogP contribution in [0.15, 0.2) is 97.6 Å². The lowest BCUT2D eigenvalue weighted by Gasteiger charge is -2.11. The molecule has 1 N–H and O–H groups in total. The van der Waals surface area contributed by atoms with E-state index in [4.69, 9.17) is 9.97 Å². The van der Waals surface area contributed by atoms with Gasteiger partial charge in [-0.25, -0.2) is 9.97 Å². The zero-order valence-corrected chi connectivity index (χ0v) is 18.2. The van der Waals surface area contributed by atoms with E-state index in [2.05, 4.69) is 38.5 Å². The maximum absolute atomic E-state index is 4.86. The molecule has 0 aliphatic carbocycles. The van der Waals surface area contributed by atoms with Gasteiger partial charge in [-0.1, -0.05) is 60.7 Å². The first kappa shape index (κ1) is 20.5. The van der Waals surface area contributed by atoms with Crippen LogP contribution in [0.4, 0.5) is 5.82 Å². The van der Waals surface area contributed by atoms with Crippen LogP contribution in [-0.2, 0) is 6.54 Å². The Balaban J connectivity index is 1.52. The Morgan fingerprint density at radius 3 is 2.12 bits per heavy atom. The number of rotatable bonds is 6. The largest absolute Gasteiger partial charge is 0.364 e. The van der Waals surface area contributed by atoms with Gasteiger partial charge >= 0.3 is 0 Å². The van der Waals surface area contributed by atoms with Crippen molar-refractivity contribution >= 4 is 5.82 Å². The summed E-state index contributed by atoms with van der Waals surface area (Å²) in [6.07, 6.45) is 7.24. The van der Waals surface area contributed by atoms with Crippen molar-refractivity contribution in [2.45, 2.75) is 13.5 Å². The van der Waals surface area contributed by atoms with Crippen molar-refractivity contribution in [3.8, 4) is 33.8 Å². The molecule has 3 heterocycles. The van der Waals surface area contributed by atoms with Crippen LogP contribution in [0.5, 0.6) is 0 Å². The minimum Gasteiger partial charge on any atom is -0.364 e. The van der Waals surface area contributed by atoms with Crippen LogP contribution in [0.1, 0.15) is 11.4 Å². The van der Waals surface area contributed by atoms with Crippen LogP contribution >= 0.6 is 0 Å². The van der Waals surface area contributed by atoms with Gasteiger partial charge in [0.15, 0.2) is 5.82 Å². The topological polar surface area (TPSA) is 76.5 Å². The second-order valence-electron chi connectivity index (χ2n) is 7.66. The van der Waals surface area contributed by atoms with Gasteiger partial charge in [-0.15, -0.1) is 0 Å². The van der Waals surface area contributed by atoms with Crippen molar-refractivity contribution in [3.63, 3.8) is 0 Å². The molecule has 160 valence electrons. The maximum atomic E-state index is 4.86. The van der Waals surface area contributed by atoms with Crippen LogP contribution in [0, 0.1) is 6.92 Å². The van der Waals surface area contributed by atoms with Crippen LogP contribution < -0.4 is 5.32 Å². The summed E-state index contributed by atoms with van der Waals surface area (Å²) in [6, 6.07) is 24.2. The summed E-state index contributed by atoms with van der Waals surface area (Å²) in [5.41, 5.74) is 6.55. The number of nitrogens with zero attached hydrogens (tertiary/aromatic N) is 5. The van der Waals surface area contributed by atoms with Gasteiger partial charge < -0.3 is 5.32 Å². The Morgan fingerprint density at radius 2 is 1.39 bits per heavy atom. The molecule has 0 fully saturated rings. The van der Waals surface area contributed by atoms with Crippen LogP contribution in [0.2, 0.25) is 0 Å². The smallest absolute Gasteiger partial charge is 0.162 e. The van der Waals surface area contributed by atoms with E-state index in [9.17, 15) is 0 Å². The third kappa shape index (κ3) is 4.91. The molecule has 0 amide bonds. The van der Waals surface area contributed by atoms with Gasteiger partial charge in [0.1, 0.15) is 5.82 Å². The van der Waals surface area contributed by atoms with Crippen molar-refractivity contribution in [2.75, 3.05) is 5.32 Å². The lowest BCUT2D eigenvalue weighted by Crippen LogP contribution is -2.06. The summed E-state index contributed by atoms with van der Waals surface area (Å²) in [5, 5.41) is 3.37. The molecule has 0 aliphatic heterocycles. The molecule has 5 rings (SSSR count). The molecule has 0 bridgehead atoms. The molecule has 0 spiro atoms. The zero-order valence-electron chi connectivity index (χ0n) is 18.2. The molecule has 2 aromatic carbocycles. The number of hydrogen-bond acceptors (Lipinski definition) is 6. The third-order valence-electron chi connectivity index (χ3n) is 5.18. The van der Waals surface area contributed by atoms with Gasteiger partial charge in [-0.05, 0) is 18.6 Å². The second-order valence-corrected chi connectivity index (χ2v) is 7.66. The molecular weight excluding hydrogens is 408 g/mol. The summed E-state index contributed by atoms with van der Waals surface area (Å²) in [4.78, 5) is 22.8. The number of hydrogen-bond donors (Lipinski definition) is 1. The Morgan fingerprint density at radius 1 is 0.667 bits per heavy atom. The van der Waals surface area contributed by atoms with E-state index in [0.29, 0.717) is 18.2 Å². The molecule has 6 nitrogen and oxygen atoms in total. The first-order valence-corrected chi connectivity index (χ1v) is 10.7. The predicted octanol–water partition coefficient (Wildman–Crippen LogP) is 5.58. The minimum absolute atomic E-state index is 0.514. The maximum Gasteiger partial charge on any atom is 0.162 e. The molecule has 5 aromatic rings. The van der Waals surface area contributed by atoms with E-state index >= 15 is 0 Å². The van der Waals surface area contributed by atoms with E-state index in [1.165, 1.54) is 0 Å². The number of aryl methyl sites for hydroxylation is 1.